The van der Waals surface area contributed by atoms with Gasteiger partial charge in [0, 0.05) is 11.8 Å². The van der Waals surface area contributed by atoms with E-state index in [4.69, 9.17) is 4.98 Å². The molecule has 1 heteroatoms. The fraction of sp³-hybridized carbons (Fsp3) is 0.469. The van der Waals surface area contributed by atoms with E-state index in [0.717, 1.165) is 25.0 Å². The first-order chi connectivity index (χ1) is 16.3. The second-order valence-corrected chi connectivity index (χ2v) is 9.54. The number of unbranched alkanes of at least 4 members (excludes halogenated alkanes) is 7. The van der Waals surface area contributed by atoms with E-state index < -0.39 is 0 Å². The molecule has 0 unspecified atom stereocenters. The van der Waals surface area contributed by atoms with Gasteiger partial charge in [-0.25, -0.2) is 0 Å². The van der Waals surface area contributed by atoms with Gasteiger partial charge in [0.15, 0.2) is 0 Å². The summed E-state index contributed by atoms with van der Waals surface area (Å²) in [6, 6.07) is 22.7. The van der Waals surface area contributed by atoms with Crippen LogP contribution in [0.3, 0.4) is 0 Å². The van der Waals surface area contributed by atoms with Crippen LogP contribution < -0.4 is 0 Å². The number of benzene rings is 2. The van der Waals surface area contributed by atoms with E-state index in [1.165, 1.54) is 92.0 Å². The van der Waals surface area contributed by atoms with Gasteiger partial charge in [0.05, 0.1) is 5.69 Å². The van der Waals surface area contributed by atoms with Crippen LogP contribution in [0.4, 0.5) is 0 Å². The monoisotopic (exact) mass is 441 g/mol. The Labute approximate surface area is 202 Å². The van der Waals surface area contributed by atoms with Crippen molar-refractivity contribution in [3.05, 3.63) is 89.1 Å². The van der Waals surface area contributed by atoms with Crippen LogP contribution in [0, 0.1) is 0 Å². The number of aromatic nitrogens is 1. The largest absolute Gasteiger partial charge is 0.256 e. The Morgan fingerprint density at radius 3 is 1.52 bits per heavy atom. The van der Waals surface area contributed by atoms with Crippen molar-refractivity contribution in [3.63, 3.8) is 0 Å². The molecule has 33 heavy (non-hydrogen) atoms. The SMILES string of the molecule is CCCCCCCCc1ccc(-c2ccc(CCc3ccc(CCCCC)cc3)cc2)nc1. The maximum Gasteiger partial charge on any atom is 0.0702 e. The van der Waals surface area contributed by atoms with Crippen molar-refractivity contribution in [2.45, 2.75) is 97.3 Å². The highest BCUT2D eigenvalue weighted by Crippen LogP contribution is 2.20. The minimum absolute atomic E-state index is 1.08. The van der Waals surface area contributed by atoms with Gasteiger partial charge < -0.3 is 0 Å². The fourth-order valence-electron chi connectivity index (χ4n) is 4.44. The zero-order valence-electron chi connectivity index (χ0n) is 21.0. The van der Waals surface area contributed by atoms with Gasteiger partial charge in [-0.2, -0.15) is 0 Å². The molecule has 3 aromatic rings. The molecule has 0 spiro atoms. The molecule has 0 radical (unpaired) electrons. The maximum atomic E-state index is 4.74. The van der Waals surface area contributed by atoms with E-state index >= 15 is 0 Å². The van der Waals surface area contributed by atoms with Gasteiger partial charge in [0.1, 0.15) is 0 Å². The third-order valence-electron chi connectivity index (χ3n) is 6.69. The molecule has 0 amide bonds. The van der Waals surface area contributed by atoms with Crippen molar-refractivity contribution < 1.29 is 0 Å². The molecule has 1 nitrogen and oxygen atoms in total. The molecule has 0 aliphatic heterocycles. The van der Waals surface area contributed by atoms with Crippen LogP contribution in [-0.2, 0) is 25.7 Å². The predicted octanol–water partition coefficient (Wildman–Crippen LogP) is 9.17. The van der Waals surface area contributed by atoms with Crippen molar-refractivity contribution in [1.29, 1.82) is 0 Å². The first kappa shape index (κ1) is 25.2. The summed E-state index contributed by atoms with van der Waals surface area (Å²) in [5.74, 6) is 0. The van der Waals surface area contributed by atoms with Crippen LogP contribution in [0.1, 0.15) is 93.9 Å². The van der Waals surface area contributed by atoms with Gasteiger partial charge in [0.2, 0.25) is 0 Å². The van der Waals surface area contributed by atoms with Crippen molar-refractivity contribution in [2.24, 2.45) is 0 Å². The number of hydrogen-bond acceptors (Lipinski definition) is 1. The Kier molecular flexibility index (Phi) is 11.2. The predicted molar refractivity (Wildman–Crippen MR) is 144 cm³/mol. The highest BCUT2D eigenvalue weighted by Gasteiger charge is 2.02. The normalized spacial score (nSPS) is 11.1. The summed E-state index contributed by atoms with van der Waals surface area (Å²) in [5.41, 5.74) is 7.95. The molecule has 0 saturated carbocycles. The van der Waals surface area contributed by atoms with Gasteiger partial charge in [-0.15, -0.1) is 0 Å². The quantitative estimate of drug-likeness (QED) is 0.214. The minimum atomic E-state index is 1.08. The highest BCUT2D eigenvalue weighted by atomic mass is 14.7. The molecule has 176 valence electrons. The summed E-state index contributed by atoms with van der Waals surface area (Å²) in [5, 5.41) is 0. The summed E-state index contributed by atoms with van der Waals surface area (Å²) >= 11 is 0. The minimum Gasteiger partial charge on any atom is -0.256 e. The van der Waals surface area contributed by atoms with E-state index in [9.17, 15) is 0 Å². The van der Waals surface area contributed by atoms with Gasteiger partial charge >= 0.3 is 0 Å². The van der Waals surface area contributed by atoms with Crippen LogP contribution in [-0.4, -0.2) is 4.98 Å². The molecule has 1 heterocycles. The van der Waals surface area contributed by atoms with E-state index in [1.54, 1.807) is 0 Å². The third-order valence-corrected chi connectivity index (χ3v) is 6.69. The Balaban J connectivity index is 1.43. The Morgan fingerprint density at radius 1 is 0.455 bits per heavy atom. The molecule has 0 atom stereocenters. The third kappa shape index (κ3) is 9.16. The molecule has 0 bridgehead atoms. The molecule has 1 aromatic heterocycles. The number of hydrogen-bond donors (Lipinski definition) is 0. The van der Waals surface area contributed by atoms with Crippen LogP contribution in [0.25, 0.3) is 11.3 Å². The second-order valence-electron chi connectivity index (χ2n) is 9.54. The molecular weight excluding hydrogens is 398 g/mol. The van der Waals surface area contributed by atoms with Crippen LogP contribution in [0.2, 0.25) is 0 Å². The maximum absolute atomic E-state index is 4.74. The van der Waals surface area contributed by atoms with Crippen molar-refractivity contribution in [1.82, 2.24) is 4.98 Å². The number of aryl methyl sites for hydroxylation is 4. The summed E-state index contributed by atoms with van der Waals surface area (Å²) < 4.78 is 0. The van der Waals surface area contributed by atoms with Crippen molar-refractivity contribution in [3.8, 4) is 11.3 Å². The number of pyridine rings is 1. The Hall–Kier alpha value is -2.41. The molecular formula is C32H43N. The van der Waals surface area contributed by atoms with Crippen LogP contribution in [0.15, 0.2) is 66.9 Å². The lowest BCUT2D eigenvalue weighted by Crippen LogP contribution is -1.93. The topological polar surface area (TPSA) is 12.9 Å². The zero-order chi connectivity index (χ0) is 23.1. The first-order valence-electron chi connectivity index (χ1n) is 13.4. The number of rotatable bonds is 15. The highest BCUT2D eigenvalue weighted by molar-refractivity contribution is 5.59. The molecule has 3 rings (SSSR count). The van der Waals surface area contributed by atoms with Gasteiger partial charge in [0.25, 0.3) is 0 Å². The molecule has 0 N–H and O–H groups in total. The summed E-state index contributed by atoms with van der Waals surface area (Å²) in [4.78, 5) is 4.74. The lowest BCUT2D eigenvalue weighted by atomic mass is 10.00. The lowest BCUT2D eigenvalue weighted by molar-refractivity contribution is 0.607. The summed E-state index contributed by atoms with van der Waals surface area (Å²) in [6.07, 6.45) is 18.6. The van der Waals surface area contributed by atoms with E-state index in [-0.39, 0.29) is 0 Å². The van der Waals surface area contributed by atoms with Gasteiger partial charge in [-0.1, -0.05) is 113 Å². The molecule has 0 aliphatic rings. The Morgan fingerprint density at radius 2 is 0.909 bits per heavy atom. The van der Waals surface area contributed by atoms with Gasteiger partial charge in [-0.05, 0) is 66.8 Å². The van der Waals surface area contributed by atoms with Crippen molar-refractivity contribution >= 4 is 0 Å². The molecule has 0 aliphatic carbocycles. The number of nitrogens with zero attached hydrogens (tertiary/aromatic N) is 1. The molecule has 0 saturated heterocycles. The van der Waals surface area contributed by atoms with E-state index in [0.29, 0.717) is 0 Å². The lowest BCUT2D eigenvalue weighted by Gasteiger charge is -2.07. The van der Waals surface area contributed by atoms with E-state index in [1.807, 2.05) is 0 Å². The standard InChI is InChI=1S/C32H43N/c1-3-5-7-8-9-11-13-30-22-25-32(33-26-30)31-23-20-29(21-24-31)19-18-28-16-14-27(15-17-28)12-10-6-4-2/h14-17,20-26H,3-13,18-19H2,1-2H3. The second kappa shape index (κ2) is 14.7. The Bertz CT molecular complexity index is 891. The van der Waals surface area contributed by atoms with Crippen LogP contribution >= 0.6 is 0 Å². The fourth-order valence-corrected chi connectivity index (χ4v) is 4.44. The van der Waals surface area contributed by atoms with Crippen LogP contribution in [0.5, 0.6) is 0 Å². The van der Waals surface area contributed by atoms with Crippen molar-refractivity contribution in [2.75, 3.05) is 0 Å². The smallest absolute Gasteiger partial charge is 0.0702 e. The zero-order valence-corrected chi connectivity index (χ0v) is 21.0. The summed E-state index contributed by atoms with van der Waals surface area (Å²) in [6.45, 7) is 4.54. The first-order valence-corrected chi connectivity index (χ1v) is 13.4. The average Bonchev–Trinajstić information content (AvgIpc) is 2.86. The molecule has 2 aromatic carbocycles. The molecule has 0 fully saturated rings. The van der Waals surface area contributed by atoms with E-state index in [2.05, 4.69) is 80.7 Å². The summed E-state index contributed by atoms with van der Waals surface area (Å²) in [7, 11) is 0. The van der Waals surface area contributed by atoms with Gasteiger partial charge in [-0.3, -0.25) is 4.98 Å². The average molecular weight is 442 g/mol.